The van der Waals surface area contributed by atoms with Crippen molar-refractivity contribution in [1.29, 1.82) is 0 Å². The molecule has 0 saturated carbocycles. The zero-order valence-electron chi connectivity index (χ0n) is 12.3. The predicted molar refractivity (Wildman–Crippen MR) is 89.5 cm³/mol. The van der Waals surface area contributed by atoms with Crippen molar-refractivity contribution in [3.8, 4) is 0 Å². The average molecular weight is 396 g/mol. The number of piperidine rings is 1. The minimum atomic E-state index is -0.569. The Hall–Kier alpha value is -1.12. The molecule has 22 heavy (non-hydrogen) atoms. The second-order valence-corrected chi connectivity index (χ2v) is 6.12. The van der Waals surface area contributed by atoms with E-state index >= 15 is 0 Å². The highest BCUT2D eigenvalue weighted by molar-refractivity contribution is 9.10. The van der Waals surface area contributed by atoms with E-state index in [2.05, 4.69) is 26.2 Å². The number of nitrogens with one attached hydrogen (secondary N) is 2. The van der Waals surface area contributed by atoms with Crippen molar-refractivity contribution in [2.24, 2.45) is 5.92 Å². The Balaban J connectivity index is 0.00000242. The van der Waals surface area contributed by atoms with Crippen LogP contribution in [0.2, 0.25) is 0 Å². The Labute approximate surface area is 142 Å². The van der Waals surface area contributed by atoms with Crippen LogP contribution in [-0.4, -0.2) is 47.0 Å². The molecule has 1 atom stereocenters. The number of amides is 1. The molecule has 1 unspecified atom stereocenters. The summed E-state index contributed by atoms with van der Waals surface area (Å²) in [6.07, 6.45) is 3.44. The van der Waals surface area contributed by atoms with E-state index in [1.165, 1.54) is 10.8 Å². The number of nitrogens with zero attached hydrogens (tertiary/aromatic N) is 2. The number of aromatic nitrogens is 2. The molecule has 7 nitrogen and oxygen atoms in total. The molecule has 2 heterocycles. The summed E-state index contributed by atoms with van der Waals surface area (Å²) in [5.74, 6) is 0.351. The zero-order chi connectivity index (χ0) is 15.4. The van der Waals surface area contributed by atoms with Gasteiger partial charge in [0.1, 0.15) is 6.54 Å². The lowest BCUT2D eigenvalue weighted by Gasteiger charge is -2.32. The third kappa shape index (κ3) is 4.69. The molecule has 0 aromatic carbocycles. The summed E-state index contributed by atoms with van der Waals surface area (Å²) < 4.78 is 1.46. The topological polar surface area (TPSA) is 87.2 Å². The van der Waals surface area contributed by atoms with E-state index in [1.54, 1.807) is 4.90 Å². The predicted octanol–water partition coefficient (Wildman–Crippen LogP) is 0.179. The van der Waals surface area contributed by atoms with Crippen LogP contribution in [0.5, 0.6) is 0 Å². The van der Waals surface area contributed by atoms with E-state index in [4.69, 9.17) is 0 Å². The maximum absolute atomic E-state index is 12.3. The van der Waals surface area contributed by atoms with Gasteiger partial charge in [-0.25, -0.2) is 4.79 Å². The monoisotopic (exact) mass is 394 g/mol. The fourth-order valence-corrected chi connectivity index (χ4v) is 2.94. The Morgan fingerprint density at radius 2 is 2.23 bits per heavy atom. The molecule has 124 valence electrons. The van der Waals surface area contributed by atoms with E-state index in [0.717, 1.165) is 25.9 Å². The Kier molecular flexibility index (Phi) is 7.31. The Morgan fingerprint density at radius 1 is 1.50 bits per heavy atom. The Morgan fingerprint density at radius 3 is 2.91 bits per heavy atom. The molecule has 1 saturated heterocycles. The molecule has 1 fully saturated rings. The van der Waals surface area contributed by atoms with Crippen molar-refractivity contribution >= 4 is 34.2 Å². The molecular formula is C13H20BrClN4O3. The van der Waals surface area contributed by atoms with E-state index in [-0.39, 0.29) is 29.3 Å². The first-order valence-corrected chi connectivity index (χ1v) is 7.72. The molecule has 2 N–H and O–H groups in total. The Bertz CT molecular complexity index is 628. The van der Waals surface area contributed by atoms with Crippen LogP contribution in [0.25, 0.3) is 0 Å². The third-order valence-corrected chi connectivity index (χ3v) is 4.20. The molecular weight excluding hydrogens is 376 g/mol. The van der Waals surface area contributed by atoms with Crippen LogP contribution in [0.3, 0.4) is 0 Å². The maximum atomic E-state index is 12.3. The molecule has 0 radical (unpaired) electrons. The van der Waals surface area contributed by atoms with Gasteiger partial charge in [0.05, 0.1) is 4.47 Å². The quantitative estimate of drug-likeness (QED) is 0.761. The van der Waals surface area contributed by atoms with E-state index in [9.17, 15) is 14.4 Å². The maximum Gasteiger partial charge on any atom is 0.328 e. The summed E-state index contributed by atoms with van der Waals surface area (Å²) in [6.45, 7) is 2.26. The van der Waals surface area contributed by atoms with Gasteiger partial charge in [0.2, 0.25) is 5.91 Å². The summed E-state index contributed by atoms with van der Waals surface area (Å²) in [5, 5.41) is 3.13. The zero-order valence-corrected chi connectivity index (χ0v) is 14.7. The minimum absolute atomic E-state index is 0. The van der Waals surface area contributed by atoms with Crippen molar-refractivity contribution in [2.75, 3.05) is 26.7 Å². The van der Waals surface area contributed by atoms with Crippen LogP contribution < -0.4 is 16.6 Å². The van der Waals surface area contributed by atoms with E-state index in [1.807, 2.05) is 7.05 Å². The van der Waals surface area contributed by atoms with Crippen LogP contribution >= 0.6 is 28.3 Å². The number of H-pyrrole nitrogens is 1. The van der Waals surface area contributed by atoms with Gasteiger partial charge in [0.15, 0.2) is 0 Å². The molecule has 0 aliphatic carbocycles. The smallest absolute Gasteiger partial charge is 0.328 e. The van der Waals surface area contributed by atoms with Gasteiger partial charge < -0.3 is 10.2 Å². The van der Waals surface area contributed by atoms with Crippen molar-refractivity contribution in [1.82, 2.24) is 19.8 Å². The summed E-state index contributed by atoms with van der Waals surface area (Å²) in [4.78, 5) is 39.2. The lowest BCUT2D eigenvalue weighted by Crippen LogP contribution is -2.45. The third-order valence-electron chi connectivity index (χ3n) is 3.64. The molecule has 1 amide bonds. The van der Waals surface area contributed by atoms with Crippen LogP contribution in [0.4, 0.5) is 0 Å². The van der Waals surface area contributed by atoms with Gasteiger partial charge in [-0.1, -0.05) is 0 Å². The average Bonchev–Trinajstić information content (AvgIpc) is 2.45. The molecule has 1 aromatic rings. The number of likely N-dealkylation sites (tertiary alicyclic amines) is 1. The van der Waals surface area contributed by atoms with Crippen molar-refractivity contribution in [2.45, 2.75) is 19.4 Å². The van der Waals surface area contributed by atoms with Gasteiger partial charge >= 0.3 is 5.69 Å². The molecule has 0 spiro atoms. The van der Waals surface area contributed by atoms with E-state index < -0.39 is 11.2 Å². The number of hydrogen-bond donors (Lipinski definition) is 2. The molecule has 1 aromatic heterocycles. The normalized spacial score (nSPS) is 17.9. The highest BCUT2D eigenvalue weighted by Gasteiger charge is 2.23. The minimum Gasteiger partial charge on any atom is -0.341 e. The van der Waals surface area contributed by atoms with Crippen LogP contribution in [0.1, 0.15) is 12.8 Å². The second kappa shape index (κ2) is 8.50. The van der Waals surface area contributed by atoms with Crippen molar-refractivity contribution in [3.63, 3.8) is 0 Å². The number of aromatic amines is 1. The molecule has 2 rings (SSSR count). The first-order chi connectivity index (χ1) is 10.0. The summed E-state index contributed by atoms with van der Waals surface area (Å²) in [7, 11) is 1.90. The fraction of sp³-hybridized carbons (Fsp3) is 0.615. The highest BCUT2D eigenvalue weighted by Crippen LogP contribution is 2.16. The van der Waals surface area contributed by atoms with Crippen LogP contribution in [-0.2, 0) is 11.3 Å². The standard InChI is InChI=1S/C13H19BrN4O3.ClH/c1-15-5-9-3-2-4-17(6-9)11(19)8-18-7-10(14)12(20)16-13(18)21;/h7,9,15H,2-6,8H2,1H3,(H,16,20,21);1H. The summed E-state index contributed by atoms with van der Waals surface area (Å²) >= 11 is 3.06. The van der Waals surface area contributed by atoms with Crippen molar-refractivity contribution < 1.29 is 4.79 Å². The molecule has 1 aliphatic heterocycles. The first kappa shape index (κ1) is 18.9. The van der Waals surface area contributed by atoms with Gasteiger partial charge in [0.25, 0.3) is 5.56 Å². The van der Waals surface area contributed by atoms with Gasteiger partial charge in [0, 0.05) is 19.3 Å². The fourth-order valence-electron chi connectivity index (χ4n) is 2.59. The molecule has 0 bridgehead atoms. The molecule has 9 heteroatoms. The SMILES string of the molecule is CNCC1CCCN(C(=O)Cn2cc(Br)c(=O)[nH]c2=O)C1.Cl. The largest absolute Gasteiger partial charge is 0.341 e. The lowest BCUT2D eigenvalue weighted by molar-refractivity contribution is -0.133. The summed E-state index contributed by atoms with van der Waals surface area (Å²) in [5.41, 5.74) is -1.06. The number of rotatable bonds is 4. The number of hydrogen-bond acceptors (Lipinski definition) is 4. The number of carbonyl (C=O) groups excluding carboxylic acids is 1. The number of carbonyl (C=O) groups is 1. The van der Waals surface area contributed by atoms with Crippen LogP contribution in [0.15, 0.2) is 20.3 Å². The van der Waals surface area contributed by atoms with Gasteiger partial charge in [-0.05, 0) is 48.3 Å². The second-order valence-electron chi connectivity index (χ2n) is 5.27. The molecule has 1 aliphatic rings. The number of halogens is 2. The first-order valence-electron chi connectivity index (χ1n) is 6.93. The summed E-state index contributed by atoms with van der Waals surface area (Å²) in [6, 6.07) is 0. The van der Waals surface area contributed by atoms with Crippen molar-refractivity contribution in [3.05, 3.63) is 31.5 Å². The van der Waals surface area contributed by atoms with Crippen LogP contribution in [0, 0.1) is 5.92 Å². The van der Waals surface area contributed by atoms with E-state index in [0.29, 0.717) is 12.5 Å². The van der Waals surface area contributed by atoms with Gasteiger partial charge in [-0.2, -0.15) is 0 Å². The highest BCUT2D eigenvalue weighted by atomic mass is 79.9. The lowest BCUT2D eigenvalue weighted by atomic mass is 9.98. The van der Waals surface area contributed by atoms with Gasteiger partial charge in [-0.3, -0.25) is 19.1 Å². The van der Waals surface area contributed by atoms with Gasteiger partial charge in [-0.15, -0.1) is 12.4 Å².